The van der Waals surface area contributed by atoms with Gasteiger partial charge in [-0.05, 0) is 76.9 Å². The topological polar surface area (TPSA) is 67.7 Å². The van der Waals surface area contributed by atoms with Crippen LogP contribution in [0.2, 0.25) is 5.02 Å². The maximum atomic E-state index is 14.8. The first kappa shape index (κ1) is 27.5. The number of pyridine rings is 1. The first-order chi connectivity index (χ1) is 18.5. The molecule has 0 atom stereocenters. The van der Waals surface area contributed by atoms with E-state index >= 15 is 0 Å². The number of fused-ring (bicyclic) bond motifs is 3. The van der Waals surface area contributed by atoms with Gasteiger partial charge in [0.1, 0.15) is 27.9 Å². The number of piperidine rings is 1. The van der Waals surface area contributed by atoms with Gasteiger partial charge in [0.05, 0.1) is 25.6 Å². The number of ether oxygens (including phenoxy) is 1. The highest BCUT2D eigenvalue weighted by atomic mass is 35.5. The number of likely N-dealkylation sites (tertiary alicyclic amines) is 1. The second-order valence-electron chi connectivity index (χ2n) is 11.4. The maximum absolute atomic E-state index is 14.8. The van der Waals surface area contributed by atoms with Gasteiger partial charge in [0.25, 0.3) is 0 Å². The molecule has 0 bridgehead atoms. The smallest absolute Gasteiger partial charge is 0.309 e. The molecule has 5 rings (SSSR count). The quantitative estimate of drug-likeness (QED) is 0.327. The Bertz CT molecular complexity index is 1410. The second-order valence-corrected chi connectivity index (χ2v) is 11.7. The maximum Gasteiger partial charge on any atom is 0.309 e. The highest BCUT2D eigenvalue weighted by Gasteiger charge is 2.32. The molecule has 0 saturated carbocycles. The highest BCUT2D eigenvalue weighted by molar-refractivity contribution is 6.30. The average Bonchev–Trinajstić information content (AvgIpc) is 3.21. The van der Waals surface area contributed by atoms with Gasteiger partial charge in [-0.3, -0.25) is 14.5 Å². The lowest BCUT2D eigenvalue weighted by Crippen LogP contribution is -2.46. The molecule has 7 nitrogen and oxygen atoms in total. The molecule has 2 aliphatic rings. The molecule has 3 aromatic rings. The van der Waals surface area contributed by atoms with Crippen LogP contribution in [-0.4, -0.2) is 63.0 Å². The molecule has 39 heavy (non-hydrogen) atoms. The van der Waals surface area contributed by atoms with Crippen LogP contribution in [0.5, 0.6) is 0 Å². The number of carbonyl (C=O) groups is 2. The predicted octanol–water partition coefficient (Wildman–Crippen LogP) is 4.95. The van der Waals surface area contributed by atoms with Crippen LogP contribution >= 0.6 is 11.6 Å². The van der Waals surface area contributed by atoms with Crippen molar-refractivity contribution in [2.24, 2.45) is 5.92 Å². The lowest BCUT2D eigenvalue weighted by Gasteiger charge is -2.34. The fourth-order valence-corrected chi connectivity index (χ4v) is 5.69. The molecule has 0 unspecified atom stereocenters. The number of aromatic nitrogens is 2. The Hall–Kier alpha value is -3.04. The molecule has 10 heteroatoms. The van der Waals surface area contributed by atoms with Crippen molar-refractivity contribution in [3.63, 3.8) is 0 Å². The summed E-state index contributed by atoms with van der Waals surface area (Å²) in [6, 6.07) is 6.40. The Morgan fingerprint density at radius 2 is 1.87 bits per heavy atom. The first-order valence-electron chi connectivity index (χ1n) is 13.3. The minimum absolute atomic E-state index is 0.0112. The summed E-state index contributed by atoms with van der Waals surface area (Å²) in [7, 11) is 0. The van der Waals surface area contributed by atoms with Gasteiger partial charge in [0.2, 0.25) is 5.91 Å². The fraction of sp³-hybridized carbons (Fsp3) is 0.483. The molecule has 2 aliphatic heterocycles. The normalized spacial score (nSPS) is 16.9. The summed E-state index contributed by atoms with van der Waals surface area (Å²) in [6.45, 7) is 8.25. The number of benzene rings is 1. The molecular formula is C29H33ClF2N4O3. The number of halogens is 3. The van der Waals surface area contributed by atoms with Gasteiger partial charge in [0.15, 0.2) is 0 Å². The van der Waals surface area contributed by atoms with Crippen molar-refractivity contribution in [1.82, 2.24) is 19.4 Å². The van der Waals surface area contributed by atoms with Crippen LogP contribution < -0.4 is 0 Å². The summed E-state index contributed by atoms with van der Waals surface area (Å²) in [4.78, 5) is 34.2. The molecule has 208 valence electrons. The third-order valence-electron chi connectivity index (χ3n) is 7.50. The summed E-state index contributed by atoms with van der Waals surface area (Å²) >= 11 is 5.84. The fourth-order valence-electron chi connectivity index (χ4n) is 5.50. The zero-order valence-corrected chi connectivity index (χ0v) is 23.2. The molecule has 2 aromatic heterocycles. The van der Waals surface area contributed by atoms with Crippen LogP contribution in [0.4, 0.5) is 8.78 Å². The van der Waals surface area contributed by atoms with Crippen molar-refractivity contribution < 1.29 is 23.1 Å². The number of hydrogen-bond donors (Lipinski definition) is 0. The zero-order valence-electron chi connectivity index (χ0n) is 22.5. The summed E-state index contributed by atoms with van der Waals surface area (Å²) in [5.41, 5.74) is 2.42. The molecule has 0 N–H and O–H groups in total. The van der Waals surface area contributed by atoms with E-state index in [2.05, 4.69) is 9.88 Å². The summed E-state index contributed by atoms with van der Waals surface area (Å²) in [5.74, 6) is -1.89. The van der Waals surface area contributed by atoms with E-state index in [4.69, 9.17) is 16.3 Å². The largest absolute Gasteiger partial charge is 0.460 e. The Morgan fingerprint density at radius 3 is 2.59 bits per heavy atom. The molecule has 1 saturated heterocycles. The summed E-state index contributed by atoms with van der Waals surface area (Å²) in [6.07, 6.45) is 3.67. The lowest BCUT2D eigenvalue weighted by atomic mass is 9.96. The minimum Gasteiger partial charge on any atom is -0.460 e. The Kier molecular flexibility index (Phi) is 7.66. The van der Waals surface area contributed by atoms with Crippen LogP contribution in [0.1, 0.15) is 50.4 Å². The van der Waals surface area contributed by atoms with Crippen LogP contribution in [0, 0.1) is 17.6 Å². The number of hydrogen-bond acceptors (Lipinski definition) is 5. The number of esters is 1. The van der Waals surface area contributed by atoms with E-state index in [0.29, 0.717) is 51.1 Å². The molecular weight excluding hydrogens is 526 g/mol. The van der Waals surface area contributed by atoms with Gasteiger partial charge in [-0.2, -0.15) is 0 Å². The van der Waals surface area contributed by atoms with Crippen LogP contribution in [-0.2, 0) is 33.8 Å². The molecule has 0 spiro atoms. The van der Waals surface area contributed by atoms with Crippen molar-refractivity contribution in [3.05, 3.63) is 63.9 Å². The lowest BCUT2D eigenvalue weighted by molar-refractivity contribution is -0.161. The van der Waals surface area contributed by atoms with E-state index in [-0.39, 0.29) is 36.4 Å². The van der Waals surface area contributed by atoms with Crippen LogP contribution in [0.15, 0.2) is 30.5 Å². The highest BCUT2D eigenvalue weighted by Crippen LogP contribution is 2.32. The molecule has 0 aliphatic carbocycles. The van der Waals surface area contributed by atoms with E-state index in [1.165, 1.54) is 6.07 Å². The van der Waals surface area contributed by atoms with E-state index in [1.54, 1.807) is 6.20 Å². The van der Waals surface area contributed by atoms with Crippen molar-refractivity contribution in [2.45, 2.75) is 58.7 Å². The number of carbonyl (C=O) groups excluding carboxylic acids is 2. The van der Waals surface area contributed by atoms with Gasteiger partial charge in [-0.15, -0.1) is 0 Å². The predicted molar refractivity (Wildman–Crippen MR) is 144 cm³/mol. The molecule has 1 fully saturated rings. The number of amides is 1. The number of rotatable bonds is 5. The third kappa shape index (κ3) is 5.79. The first-order valence-corrected chi connectivity index (χ1v) is 13.7. The second kappa shape index (κ2) is 10.8. The van der Waals surface area contributed by atoms with Crippen molar-refractivity contribution >= 4 is 34.5 Å². The Balaban J connectivity index is 1.30. The summed E-state index contributed by atoms with van der Waals surface area (Å²) in [5, 5.41) is 0.440. The van der Waals surface area contributed by atoms with Gasteiger partial charge in [-0.25, -0.2) is 13.8 Å². The van der Waals surface area contributed by atoms with Gasteiger partial charge in [0, 0.05) is 29.4 Å². The molecule has 4 heterocycles. The van der Waals surface area contributed by atoms with Gasteiger partial charge >= 0.3 is 5.97 Å². The van der Waals surface area contributed by atoms with Gasteiger partial charge < -0.3 is 14.2 Å². The van der Waals surface area contributed by atoms with E-state index in [1.807, 2.05) is 42.4 Å². The van der Waals surface area contributed by atoms with Crippen LogP contribution in [0.3, 0.4) is 0 Å². The summed E-state index contributed by atoms with van der Waals surface area (Å²) < 4.78 is 36.0. The molecule has 0 radical (unpaired) electrons. The standard InChI is InChI=1S/C29H33ClF2N4O3/c1-29(2,3)39-28(38)18-8-12-34(13-9-18)17-24(37)35-14-10-20-21-5-4-11-33-27(21)36(23(20)16-35)15-19-6-7-22(31)25(30)26(19)32/h4-7,11,18H,8-10,12-17H2,1-3H3. The SMILES string of the molecule is CC(C)(C)OC(=O)C1CCN(CC(=O)N2CCc3c(n(Cc4ccc(F)c(Cl)c4F)c4ncccc34)C2)CC1. The van der Waals surface area contributed by atoms with Crippen molar-refractivity contribution in [2.75, 3.05) is 26.2 Å². The Morgan fingerprint density at radius 1 is 1.13 bits per heavy atom. The van der Waals surface area contributed by atoms with E-state index < -0.39 is 22.3 Å². The minimum atomic E-state index is -0.803. The number of nitrogens with zero attached hydrogens (tertiary/aromatic N) is 4. The van der Waals surface area contributed by atoms with Crippen molar-refractivity contribution in [3.8, 4) is 0 Å². The zero-order chi connectivity index (χ0) is 27.9. The van der Waals surface area contributed by atoms with E-state index in [9.17, 15) is 18.4 Å². The monoisotopic (exact) mass is 558 g/mol. The van der Waals surface area contributed by atoms with Crippen molar-refractivity contribution in [1.29, 1.82) is 0 Å². The Labute approximate surface area is 231 Å². The van der Waals surface area contributed by atoms with E-state index in [0.717, 1.165) is 22.7 Å². The van der Waals surface area contributed by atoms with Gasteiger partial charge in [-0.1, -0.05) is 17.7 Å². The average molecular weight is 559 g/mol. The third-order valence-corrected chi connectivity index (χ3v) is 7.84. The molecule has 1 aromatic carbocycles. The molecule has 1 amide bonds. The van der Waals surface area contributed by atoms with Crippen LogP contribution in [0.25, 0.3) is 11.0 Å².